The number of amides is 1. The highest BCUT2D eigenvalue weighted by molar-refractivity contribution is 5.76. The third kappa shape index (κ3) is 4.28. The predicted octanol–water partition coefficient (Wildman–Crippen LogP) is 0.859. The number of rotatable bonds is 6. The predicted molar refractivity (Wildman–Crippen MR) is 69.0 cm³/mol. The molecule has 0 aromatic carbocycles. The van der Waals surface area contributed by atoms with Crippen LogP contribution in [-0.4, -0.2) is 61.6 Å². The minimum atomic E-state index is -0.00394. The number of nitrogens with zero attached hydrogens (tertiary/aromatic N) is 3. The Hall–Kier alpha value is -1.12. The van der Waals surface area contributed by atoms with Crippen LogP contribution in [-0.2, 0) is 9.53 Å². The van der Waals surface area contributed by atoms with E-state index in [0.717, 1.165) is 39.0 Å². The Morgan fingerprint density at radius 3 is 2.56 bits per heavy atom. The number of piperazine rings is 1. The van der Waals surface area contributed by atoms with E-state index in [0.29, 0.717) is 13.0 Å². The first-order valence-corrected chi connectivity index (χ1v) is 6.63. The smallest absolute Gasteiger partial charge is 0.222 e. The fourth-order valence-electron chi connectivity index (χ4n) is 2.24. The van der Waals surface area contributed by atoms with Crippen molar-refractivity contribution < 1.29 is 9.53 Å². The molecule has 1 rings (SSSR count). The molecule has 1 fully saturated rings. The minimum Gasteiger partial charge on any atom is -0.385 e. The normalized spacial score (nSPS) is 18.4. The van der Waals surface area contributed by atoms with E-state index in [2.05, 4.69) is 11.0 Å². The van der Waals surface area contributed by atoms with Crippen LogP contribution in [0.5, 0.6) is 0 Å². The lowest BCUT2D eigenvalue weighted by atomic mass is 10.1. The maximum atomic E-state index is 11.9. The number of carbonyl (C=O) groups excluding carboxylic acids is 1. The van der Waals surface area contributed by atoms with Gasteiger partial charge in [0.05, 0.1) is 12.1 Å². The van der Waals surface area contributed by atoms with E-state index in [9.17, 15) is 4.79 Å². The molecule has 5 heteroatoms. The molecule has 0 radical (unpaired) electrons. The van der Waals surface area contributed by atoms with Crippen molar-refractivity contribution in [3.63, 3.8) is 0 Å². The number of hydrogen-bond donors (Lipinski definition) is 0. The molecule has 1 saturated heterocycles. The summed E-state index contributed by atoms with van der Waals surface area (Å²) in [6.45, 7) is 5.76. The van der Waals surface area contributed by atoms with Crippen molar-refractivity contribution in [3.8, 4) is 6.07 Å². The summed E-state index contributed by atoms with van der Waals surface area (Å²) in [4.78, 5) is 15.9. The number of carbonyl (C=O) groups is 1. The Balaban J connectivity index is 2.30. The maximum absolute atomic E-state index is 11.9. The average molecular weight is 253 g/mol. The number of hydrogen-bond acceptors (Lipinski definition) is 4. The molecule has 0 aliphatic carbocycles. The van der Waals surface area contributed by atoms with E-state index in [1.807, 2.05) is 11.8 Å². The number of methoxy groups -OCH3 is 1. The second kappa shape index (κ2) is 8.06. The lowest BCUT2D eigenvalue weighted by Crippen LogP contribution is -2.51. The topological polar surface area (TPSA) is 56.6 Å². The summed E-state index contributed by atoms with van der Waals surface area (Å²) >= 11 is 0. The van der Waals surface area contributed by atoms with Crippen LogP contribution in [0.15, 0.2) is 0 Å². The second-order valence-electron chi connectivity index (χ2n) is 4.57. The van der Waals surface area contributed by atoms with Crippen LogP contribution in [0.25, 0.3) is 0 Å². The Morgan fingerprint density at radius 2 is 2.06 bits per heavy atom. The molecular weight excluding hydrogens is 230 g/mol. The van der Waals surface area contributed by atoms with Crippen molar-refractivity contribution in [3.05, 3.63) is 0 Å². The third-order valence-electron chi connectivity index (χ3n) is 3.38. The van der Waals surface area contributed by atoms with Gasteiger partial charge in [-0.3, -0.25) is 9.69 Å². The molecule has 18 heavy (non-hydrogen) atoms. The molecule has 0 saturated carbocycles. The molecule has 102 valence electrons. The van der Waals surface area contributed by atoms with Crippen molar-refractivity contribution in [2.45, 2.75) is 32.2 Å². The van der Waals surface area contributed by atoms with Crippen LogP contribution in [0, 0.1) is 11.3 Å². The summed E-state index contributed by atoms with van der Waals surface area (Å²) in [5.74, 6) is 0.205. The van der Waals surface area contributed by atoms with Crippen LogP contribution >= 0.6 is 0 Å². The molecule has 1 heterocycles. The Bertz CT molecular complexity index is 293. The highest BCUT2D eigenvalue weighted by Gasteiger charge is 2.24. The van der Waals surface area contributed by atoms with Gasteiger partial charge in [0.25, 0.3) is 0 Å². The molecule has 0 spiro atoms. The SMILES string of the molecule is CCC(C#N)N1CCN(C(=O)CCCOC)CC1. The van der Waals surface area contributed by atoms with Crippen LogP contribution in [0.1, 0.15) is 26.2 Å². The monoisotopic (exact) mass is 253 g/mol. The fourth-order valence-corrected chi connectivity index (χ4v) is 2.24. The van der Waals surface area contributed by atoms with E-state index >= 15 is 0 Å². The highest BCUT2D eigenvalue weighted by atomic mass is 16.5. The van der Waals surface area contributed by atoms with Crippen LogP contribution in [0.2, 0.25) is 0 Å². The molecule has 0 aromatic heterocycles. The van der Waals surface area contributed by atoms with Gasteiger partial charge in [-0.2, -0.15) is 5.26 Å². The van der Waals surface area contributed by atoms with Gasteiger partial charge in [-0.05, 0) is 12.8 Å². The second-order valence-corrected chi connectivity index (χ2v) is 4.57. The quantitative estimate of drug-likeness (QED) is 0.659. The largest absolute Gasteiger partial charge is 0.385 e. The Kier molecular flexibility index (Phi) is 6.69. The number of ether oxygens (including phenoxy) is 1. The third-order valence-corrected chi connectivity index (χ3v) is 3.38. The van der Waals surface area contributed by atoms with Gasteiger partial charge >= 0.3 is 0 Å². The van der Waals surface area contributed by atoms with Crippen molar-refractivity contribution in [2.75, 3.05) is 39.9 Å². The van der Waals surface area contributed by atoms with E-state index in [-0.39, 0.29) is 11.9 Å². The molecule has 1 atom stereocenters. The van der Waals surface area contributed by atoms with E-state index in [1.54, 1.807) is 7.11 Å². The minimum absolute atomic E-state index is 0.00394. The molecule has 5 nitrogen and oxygen atoms in total. The fraction of sp³-hybridized carbons (Fsp3) is 0.846. The van der Waals surface area contributed by atoms with Gasteiger partial charge in [0.1, 0.15) is 0 Å². The summed E-state index contributed by atoms with van der Waals surface area (Å²) in [5.41, 5.74) is 0. The first-order valence-electron chi connectivity index (χ1n) is 6.63. The van der Waals surface area contributed by atoms with Gasteiger partial charge in [0.2, 0.25) is 5.91 Å². The zero-order valence-corrected chi connectivity index (χ0v) is 11.4. The van der Waals surface area contributed by atoms with E-state index < -0.39 is 0 Å². The van der Waals surface area contributed by atoms with Crippen LogP contribution in [0.4, 0.5) is 0 Å². The van der Waals surface area contributed by atoms with Gasteiger partial charge in [0, 0.05) is 46.3 Å². The Morgan fingerprint density at radius 1 is 1.39 bits per heavy atom. The van der Waals surface area contributed by atoms with E-state index in [4.69, 9.17) is 10.00 Å². The molecular formula is C13H23N3O2. The summed E-state index contributed by atoms with van der Waals surface area (Å²) < 4.78 is 4.94. The van der Waals surface area contributed by atoms with Crippen molar-refractivity contribution in [2.24, 2.45) is 0 Å². The van der Waals surface area contributed by atoms with Crippen molar-refractivity contribution >= 4 is 5.91 Å². The van der Waals surface area contributed by atoms with Crippen molar-refractivity contribution in [1.29, 1.82) is 5.26 Å². The summed E-state index contributed by atoms with van der Waals surface area (Å²) in [6.07, 6.45) is 2.19. The summed E-state index contributed by atoms with van der Waals surface area (Å²) in [5, 5.41) is 9.01. The van der Waals surface area contributed by atoms with Gasteiger partial charge in [-0.25, -0.2) is 0 Å². The Labute approximate surface area is 109 Å². The molecule has 0 aromatic rings. The molecule has 1 unspecified atom stereocenters. The van der Waals surface area contributed by atoms with Gasteiger partial charge in [-0.1, -0.05) is 6.92 Å². The van der Waals surface area contributed by atoms with Gasteiger partial charge in [-0.15, -0.1) is 0 Å². The maximum Gasteiger partial charge on any atom is 0.222 e. The number of nitriles is 1. The molecule has 1 amide bonds. The molecule has 1 aliphatic rings. The molecule has 0 N–H and O–H groups in total. The molecule has 1 aliphatic heterocycles. The standard InChI is InChI=1S/C13H23N3O2/c1-3-12(11-14)15-6-8-16(9-7-15)13(17)5-4-10-18-2/h12H,3-10H2,1-2H3. The lowest BCUT2D eigenvalue weighted by Gasteiger charge is -2.36. The van der Waals surface area contributed by atoms with Crippen molar-refractivity contribution in [1.82, 2.24) is 9.80 Å². The van der Waals surface area contributed by atoms with E-state index in [1.165, 1.54) is 0 Å². The van der Waals surface area contributed by atoms with Crippen LogP contribution < -0.4 is 0 Å². The first-order chi connectivity index (χ1) is 8.72. The van der Waals surface area contributed by atoms with Gasteiger partial charge < -0.3 is 9.64 Å². The summed E-state index contributed by atoms with van der Waals surface area (Å²) in [7, 11) is 1.65. The molecule has 0 bridgehead atoms. The lowest BCUT2D eigenvalue weighted by molar-refractivity contribution is -0.133. The first kappa shape index (κ1) is 14.9. The highest BCUT2D eigenvalue weighted by Crippen LogP contribution is 2.10. The average Bonchev–Trinajstić information content (AvgIpc) is 2.41. The van der Waals surface area contributed by atoms with Gasteiger partial charge in [0.15, 0.2) is 0 Å². The summed E-state index contributed by atoms with van der Waals surface area (Å²) in [6, 6.07) is 2.31. The zero-order valence-electron chi connectivity index (χ0n) is 11.4. The van der Waals surface area contributed by atoms with Crippen LogP contribution in [0.3, 0.4) is 0 Å². The zero-order chi connectivity index (χ0) is 13.4.